The third kappa shape index (κ3) is 6.02. The van der Waals surface area contributed by atoms with Crippen LogP contribution in [0.4, 0.5) is 13.2 Å². The summed E-state index contributed by atoms with van der Waals surface area (Å²) in [7, 11) is -3.77. The van der Waals surface area contributed by atoms with Crippen LogP contribution in [-0.4, -0.2) is 35.6 Å². The van der Waals surface area contributed by atoms with E-state index in [9.17, 15) is 21.6 Å². The monoisotopic (exact) mass is 508 g/mol. The Balaban J connectivity index is 1.55. The quantitative estimate of drug-likeness (QED) is 0.476. The highest BCUT2D eigenvalue weighted by atomic mass is 32.2. The Morgan fingerprint density at radius 2 is 1.86 bits per heavy atom. The second-order valence-electron chi connectivity index (χ2n) is 8.75. The average molecular weight is 509 g/mol. The van der Waals surface area contributed by atoms with Gasteiger partial charge in [-0.15, -0.1) is 23.4 Å². The van der Waals surface area contributed by atoms with E-state index in [2.05, 4.69) is 19.7 Å². The third-order valence-corrected chi connectivity index (χ3v) is 7.92. The van der Waals surface area contributed by atoms with Gasteiger partial charge >= 0.3 is 6.36 Å². The molecule has 0 unspecified atom stereocenters. The van der Waals surface area contributed by atoms with Gasteiger partial charge in [-0.25, -0.2) is 13.1 Å². The molecule has 1 saturated carbocycles. The zero-order valence-electron chi connectivity index (χ0n) is 19.4. The molecular weight excluding hydrogens is 481 g/mol. The summed E-state index contributed by atoms with van der Waals surface area (Å²) in [5, 5.41) is 7.69. The Kier molecular flexibility index (Phi) is 7.18. The van der Waals surface area contributed by atoms with E-state index in [0.29, 0.717) is 29.5 Å². The number of alkyl halides is 3. The first-order valence-electron chi connectivity index (χ1n) is 11.4. The molecule has 0 spiro atoms. The van der Waals surface area contributed by atoms with Crippen LogP contribution in [0.3, 0.4) is 0 Å². The first-order chi connectivity index (χ1) is 16.6. The van der Waals surface area contributed by atoms with Gasteiger partial charge in [0.2, 0.25) is 10.0 Å². The van der Waals surface area contributed by atoms with Crippen LogP contribution in [0.5, 0.6) is 5.75 Å². The Bertz CT molecular complexity index is 1280. The van der Waals surface area contributed by atoms with Crippen molar-refractivity contribution in [3.8, 4) is 16.9 Å². The standard InChI is InChI=1S/C24H27F3N4O3S/c1-3-17-12-18(22-9-8-21(11-16(22)2)34-24(25,26)27)7-10-23(17)35(32,33)30-19-5-4-6-20(13-19)31-14-28-29-15-31/h7-12,14-15,19-20,30H,3-6,13H2,1-2H3/t19-,20+/m0/s1. The van der Waals surface area contributed by atoms with Crippen LogP contribution in [0.2, 0.25) is 0 Å². The third-order valence-electron chi connectivity index (χ3n) is 6.30. The van der Waals surface area contributed by atoms with E-state index in [-0.39, 0.29) is 22.7 Å². The summed E-state index contributed by atoms with van der Waals surface area (Å²) in [6, 6.07) is 9.09. The van der Waals surface area contributed by atoms with Gasteiger partial charge in [-0.2, -0.15) is 0 Å². The second kappa shape index (κ2) is 9.98. The zero-order valence-corrected chi connectivity index (χ0v) is 20.2. The summed E-state index contributed by atoms with van der Waals surface area (Å²) in [6.45, 7) is 3.56. The number of nitrogens with one attached hydrogen (secondary N) is 1. The first kappa shape index (κ1) is 25.2. The molecule has 7 nitrogen and oxygen atoms in total. The van der Waals surface area contributed by atoms with Gasteiger partial charge in [-0.1, -0.05) is 19.1 Å². The number of rotatable bonds is 7. The predicted octanol–water partition coefficient (Wildman–Crippen LogP) is 5.18. The number of aryl methyl sites for hydroxylation is 2. The molecule has 0 amide bonds. The average Bonchev–Trinajstić information content (AvgIpc) is 3.33. The number of benzene rings is 2. The van der Waals surface area contributed by atoms with Gasteiger partial charge in [0.15, 0.2) is 0 Å². The molecule has 1 aliphatic carbocycles. The van der Waals surface area contributed by atoms with Gasteiger partial charge in [0.25, 0.3) is 0 Å². The van der Waals surface area contributed by atoms with E-state index in [1.807, 2.05) is 11.5 Å². The molecule has 4 rings (SSSR count). The molecule has 0 saturated heterocycles. The normalized spacial score (nSPS) is 19.0. The zero-order chi connectivity index (χ0) is 25.2. The maximum Gasteiger partial charge on any atom is 0.573 e. The minimum absolute atomic E-state index is 0.145. The summed E-state index contributed by atoms with van der Waals surface area (Å²) in [5.41, 5.74) is 2.65. The molecule has 0 bridgehead atoms. The van der Waals surface area contributed by atoms with Crippen LogP contribution in [0, 0.1) is 6.92 Å². The van der Waals surface area contributed by atoms with Gasteiger partial charge in [-0.05, 0) is 85.5 Å². The van der Waals surface area contributed by atoms with E-state index in [4.69, 9.17) is 0 Å². The van der Waals surface area contributed by atoms with E-state index in [1.54, 1.807) is 43.8 Å². The topological polar surface area (TPSA) is 86.1 Å². The van der Waals surface area contributed by atoms with Gasteiger partial charge in [-0.3, -0.25) is 0 Å². The number of hydrogen-bond acceptors (Lipinski definition) is 5. The maximum atomic E-state index is 13.3. The number of ether oxygens (including phenoxy) is 1. The lowest BCUT2D eigenvalue weighted by atomic mass is 9.91. The number of hydrogen-bond donors (Lipinski definition) is 1. The van der Waals surface area contributed by atoms with Crippen molar-refractivity contribution in [2.75, 3.05) is 0 Å². The van der Waals surface area contributed by atoms with E-state index in [0.717, 1.165) is 24.8 Å². The van der Waals surface area contributed by atoms with E-state index < -0.39 is 16.4 Å². The minimum atomic E-state index is -4.76. The van der Waals surface area contributed by atoms with Crippen LogP contribution in [-0.2, 0) is 16.4 Å². The molecule has 35 heavy (non-hydrogen) atoms. The van der Waals surface area contributed by atoms with Gasteiger partial charge in [0.1, 0.15) is 18.4 Å². The van der Waals surface area contributed by atoms with Crippen molar-refractivity contribution >= 4 is 10.0 Å². The summed E-state index contributed by atoms with van der Waals surface area (Å²) in [4.78, 5) is 0.213. The SMILES string of the molecule is CCc1cc(-c2ccc(OC(F)(F)F)cc2C)ccc1S(=O)(=O)N[C@H]1CCC[C@@H](n2cnnc2)C1. The molecule has 3 aromatic rings. The number of nitrogens with zero attached hydrogens (tertiary/aromatic N) is 3. The predicted molar refractivity (Wildman–Crippen MR) is 124 cm³/mol. The lowest BCUT2D eigenvalue weighted by molar-refractivity contribution is -0.274. The molecule has 1 aliphatic rings. The highest BCUT2D eigenvalue weighted by molar-refractivity contribution is 7.89. The van der Waals surface area contributed by atoms with Crippen molar-refractivity contribution in [2.45, 2.75) is 69.3 Å². The second-order valence-corrected chi connectivity index (χ2v) is 10.4. The Labute approximate surface area is 202 Å². The van der Waals surface area contributed by atoms with Crippen molar-refractivity contribution in [1.29, 1.82) is 0 Å². The molecule has 11 heteroatoms. The molecule has 1 heterocycles. The van der Waals surface area contributed by atoms with Gasteiger partial charge in [0.05, 0.1) is 4.90 Å². The van der Waals surface area contributed by atoms with Gasteiger partial charge < -0.3 is 9.30 Å². The smallest absolute Gasteiger partial charge is 0.406 e. The molecular formula is C24H27F3N4O3S. The highest BCUT2D eigenvalue weighted by Crippen LogP contribution is 2.33. The lowest BCUT2D eigenvalue weighted by Gasteiger charge is -2.30. The van der Waals surface area contributed by atoms with Crippen LogP contribution in [0.15, 0.2) is 53.9 Å². The van der Waals surface area contributed by atoms with E-state index in [1.165, 1.54) is 12.1 Å². The summed E-state index contributed by atoms with van der Waals surface area (Å²) in [5.74, 6) is -0.296. The first-order valence-corrected chi connectivity index (χ1v) is 12.9. The Morgan fingerprint density at radius 1 is 1.11 bits per heavy atom. The molecule has 188 valence electrons. The van der Waals surface area contributed by atoms with Crippen LogP contribution in [0.25, 0.3) is 11.1 Å². The van der Waals surface area contributed by atoms with Crippen molar-refractivity contribution in [3.05, 3.63) is 60.2 Å². The van der Waals surface area contributed by atoms with Crippen molar-refractivity contribution < 1.29 is 26.3 Å². The van der Waals surface area contributed by atoms with Crippen molar-refractivity contribution in [3.63, 3.8) is 0 Å². The number of aromatic nitrogens is 3. The van der Waals surface area contributed by atoms with E-state index >= 15 is 0 Å². The van der Waals surface area contributed by atoms with Crippen LogP contribution >= 0.6 is 0 Å². The molecule has 1 aromatic heterocycles. The van der Waals surface area contributed by atoms with Gasteiger partial charge in [0, 0.05) is 12.1 Å². The fraction of sp³-hybridized carbons (Fsp3) is 0.417. The number of halogens is 3. The number of sulfonamides is 1. The molecule has 1 N–H and O–H groups in total. The molecule has 0 aliphatic heterocycles. The minimum Gasteiger partial charge on any atom is -0.406 e. The summed E-state index contributed by atoms with van der Waals surface area (Å²) < 4.78 is 72.9. The molecule has 1 fully saturated rings. The Morgan fingerprint density at radius 3 is 2.51 bits per heavy atom. The molecule has 0 radical (unpaired) electrons. The van der Waals surface area contributed by atoms with Crippen LogP contribution in [0.1, 0.15) is 49.8 Å². The Hall–Kier alpha value is -2.92. The van der Waals surface area contributed by atoms with Crippen LogP contribution < -0.4 is 9.46 Å². The van der Waals surface area contributed by atoms with Crippen molar-refractivity contribution in [2.24, 2.45) is 0 Å². The lowest BCUT2D eigenvalue weighted by Crippen LogP contribution is -2.39. The van der Waals surface area contributed by atoms with Crippen molar-refractivity contribution in [1.82, 2.24) is 19.5 Å². The highest BCUT2D eigenvalue weighted by Gasteiger charge is 2.31. The molecule has 2 aromatic carbocycles. The maximum absolute atomic E-state index is 13.3. The largest absolute Gasteiger partial charge is 0.573 e. The fourth-order valence-electron chi connectivity index (χ4n) is 4.66. The summed E-state index contributed by atoms with van der Waals surface area (Å²) >= 11 is 0. The summed E-state index contributed by atoms with van der Waals surface area (Å²) in [6.07, 6.45) is 2.26. The fourth-order valence-corrected chi connectivity index (χ4v) is 6.24. The molecule has 2 atom stereocenters.